The molecular formula is C39H44N4O10. The summed E-state index contributed by atoms with van der Waals surface area (Å²) in [7, 11) is 5.98. The molecule has 0 fully saturated rings. The summed E-state index contributed by atoms with van der Waals surface area (Å²) in [4.78, 5) is 57.4. The van der Waals surface area contributed by atoms with Gasteiger partial charge in [0.25, 0.3) is 11.8 Å². The lowest BCUT2D eigenvalue weighted by atomic mass is 9.84. The van der Waals surface area contributed by atoms with Crippen molar-refractivity contribution < 1.29 is 47.6 Å². The standard InChI is InChI=1S/C39H44N4O10/c1-10-42-36(44)26(22(3)30(21-40)38(42)46)19-28-31(48-6)15-24(16-32(28)49-7)52-13-12-14-53-25-17-33(50-8)29(34(18-25)51-9)20-27-23(4)35(41-5)39(47)43(11-2)37(27)45/h15-18,26-27H,10-14,19-20H2,1-4,6-9H3. The summed E-state index contributed by atoms with van der Waals surface area (Å²) in [6.45, 7) is 15.0. The Morgan fingerprint density at radius 2 is 1.09 bits per heavy atom. The van der Waals surface area contributed by atoms with E-state index in [0.717, 1.165) is 9.80 Å². The van der Waals surface area contributed by atoms with Gasteiger partial charge in [-0.15, -0.1) is 0 Å². The van der Waals surface area contributed by atoms with Gasteiger partial charge in [-0.2, -0.15) is 5.26 Å². The molecule has 2 aliphatic rings. The Hall–Kier alpha value is -6.02. The van der Waals surface area contributed by atoms with E-state index in [1.54, 1.807) is 52.0 Å². The van der Waals surface area contributed by atoms with Gasteiger partial charge in [-0.25, -0.2) is 4.85 Å². The lowest BCUT2D eigenvalue weighted by Gasteiger charge is -2.31. The van der Waals surface area contributed by atoms with Gasteiger partial charge in [0.1, 0.15) is 46.1 Å². The quantitative estimate of drug-likeness (QED) is 0.134. The summed E-state index contributed by atoms with van der Waals surface area (Å²) in [5, 5.41) is 9.62. The Balaban J connectivity index is 1.45. The normalized spacial score (nSPS) is 17.5. The first-order valence-electron chi connectivity index (χ1n) is 17.1. The largest absolute Gasteiger partial charge is 0.496 e. The highest BCUT2D eigenvalue weighted by atomic mass is 16.5. The molecule has 4 amide bonds. The molecule has 2 unspecified atom stereocenters. The molecule has 0 aliphatic carbocycles. The summed E-state index contributed by atoms with van der Waals surface area (Å²) in [6.07, 6.45) is 0.792. The maximum atomic E-state index is 13.3. The van der Waals surface area contributed by atoms with Crippen molar-refractivity contribution in [3.63, 3.8) is 0 Å². The maximum Gasteiger partial charge on any atom is 0.271 e. The Labute approximate surface area is 309 Å². The van der Waals surface area contributed by atoms with E-state index < -0.39 is 23.7 Å². The lowest BCUT2D eigenvalue weighted by molar-refractivity contribution is -0.147. The molecule has 0 N–H and O–H groups in total. The number of carbonyl (C=O) groups is 4. The SMILES string of the molecule is [C-]#[N+]C1=C(C)C(Cc2c(OC)cc(OCCCOc3cc(OC)c(CC4C(=O)N(CC)C(=O)C(C#N)=C4C)c(OC)c3)cc2OC)C(=O)N(CC)C1=O. The third-order valence-corrected chi connectivity index (χ3v) is 9.51. The fraction of sp³-hybridized carbons (Fsp3) is 0.436. The molecule has 2 aliphatic heterocycles. The zero-order valence-electron chi connectivity index (χ0n) is 31.3. The van der Waals surface area contributed by atoms with Crippen LogP contribution in [0.1, 0.15) is 45.2 Å². The predicted molar refractivity (Wildman–Crippen MR) is 191 cm³/mol. The van der Waals surface area contributed by atoms with E-state index in [-0.39, 0.29) is 62.2 Å². The first kappa shape index (κ1) is 39.8. The van der Waals surface area contributed by atoms with Gasteiger partial charge in [0.15, 0.2) is 0 Å². The monoisotopic (exact) mass is 728 g/mol. The highest BCUT2D eigenvalue weighted by molar-refractivity contribution is 6.12. The van der Waals surface area contributed by atoms with Crippen molar-refractivity contribution in [1.29, 1.82) is 5.26 Å². The number of carbonyl (C=O) groups excluding carboxylic acids is 4. The highest BCUT2D eigenvalue weighted by Gasteiger charge is 2.40. The first-order chi connectivity index (χ1) is 25.4. The molecule has 2 heterocycles. The molecule has 0 bridgehead atoms. The van der Waals surface area contributed by atoms with Gasteiger partial charge in [-0.05, 0) is 44.8 Å². The zero-order valence-corrected chi connectivity index (χ0v) is 31.3. The average molecular weight is 729 g/mol. The van der Waals surface area contributed by atoms with Crippen molar-refractivity contribution in [2.24, 2.45) is 11.8 Å². The van der Waals surface area contributed by atoms with E-state index in [9.17, 15) is 24.4 Å². The van der Waals surface area contributed by atoms with Crippen LogP contribution in [-0.2, 0) is 32.0 Å². The molecule has 14 heteroatoms. The lowest BCUT2D eigenvalue weighted by Crippen LogP contribution is -2.46. The average Bonchev–Trinajstić information content (AvgIpc) is 3.15. The van der Waals surface area contributed by atoms with E-state index >= 15 is 0 Å². The fourth-order valence-corrected chi connectivity index (χ4v) is 6.57. The minimum absolute atomic E-state index is 0.0360. The van der Waals surface area contributed by atoms with Crippen molar-refractivity contribution in [1.82, 2.24) is 9.80 Å². The third kappa shape index (κ3) is 7.92. The summed E-state index contributed by atoms with van der Waals surface area (Å²) >= 11 is 0. The van der Waals surface area contributed by atoms with E-state index in [1.807, 2.05) is 6.07 Å². The Morgan fingerprint density at radius 3 is 1.45 bits per heavy atom. The Kier molecular flexibility index (Phi) is 13.1. The van der Waals surface area contributed by atoms with Crippen LogP contribution in [0.15, 0.2) is 46.7 Å². The van der Waals surface area contributed by atoms with Gasteiger partial charge in [0.05, 0.1) is 60.1 Å². The molecule has 53 heavy (non-hydrogen) atoms. The van der Waals surface area contributed by atoms with Crippen molar-refractivity contribution >= 4 is 23.6 Å². The number of ether oxygens (including phenoxy) is 6. The molecule has 2 aromatic rings. The number of amides is 4. The first-order valence-corrected chi connectivity index (χ1v) is 17.1. The number of nitriles is 1. The van der Waals surface area contributed by atoms with Crippen LogP contribution in [0.4, 0.5) is 0 Å². The minimum atomic E-state index is -0.745. The predicted octanol–water partition coefficient (Wildman–Crippen LogP) is 4.70. The van der Waals surface area contributed by atoms with E-state index in [0.29, 0.717) is 63.2 Å². The molecule has 2 aromatic carbocycles. The van der Waals surface area contributed by atoms with Crippen LogP contribution in [0.3, 0.4) is 0 Å². The second-order valence-corrected chi connectivity index (χ2v) is 12.3. The van der Waals surface area contributed by atoms with Crippen LogP contribution in [0.2, 0.25) is 0 Å². The van der Waals surface area contributed by atoms with Gasteiger partial charge in [-0.3, -0.25) is 29.0 Å². The molecule has 14 nitrogen and oxygen atoms in total. The molecule has 2 atom stereocenters. The van der Waals surface area contributed by atoms with Crippen molar-refractivity contribution in [3.8, 4) is 40.6 Å². The number of hydrogen-bond acceptors (Lipinski definition) is 11. The van der Waals surface area contributed by atoms with Crippen LogP contribution < -0.4 is 28.4 Å². The summed E-state index contributed by atoms with van der Waals surface area (Å²) in [5.74, 6) is -0.771. The molecule has 0 spiro atoms. The van der Waals surface area contributed by atoms with Crippen LogP contribution in [0.25, 0.3) is 4.85 Å². The number of nitrogens with zero attached hydrogens (tertiary/aromatic N) is 4. The van der Waals surface area contributed by atoms with Gasteiger partial charge in [0.2, 0.25) is 17.5 Å². The third-order valence-electron chi connectivity index (χ3n) is 9.51. The van der Waals surface area contributed by atoms with E-state index in [2.05, 4.69) is 4.85 Å². The van der Waals surface area contributed by atoms with Gasteiger partial charge in [-0.1, -0.05) is 6.92 Å². The van der Waals surface area contributed by atoms with Crippen molar-refractivity contribution in [2.45, 2.75) is 47.0 Å². The van der Waals surface area contributed by atoms with Gasteiger partial charge < -0.3 is 28.4 Å². The summed E-state index contributed by atoms with van der Waals surface area (Å²) < 4.78 is 34.7. The maximum absolute atomic E-state index is 13.3. The van der Waals surface area contributed by atoms with Crippen LogP contribution in [-0.4, -0.2) is 88.2 Å². The van der Waals surface area contributed by atoms with Gasteiger partial charge in [0, 0.05) is 54.9 Å². The van der Waals surface area contributed by atoms with Crippen LogP contribution in [0, 0.1) is 29.7 Å². The van der Waals surface area contributed by atoms with Crippen LogP contribution in [0.5, 0.6) is 34.5 Å². The molecule has 4 rings (SSSR count). The van der Waals surface area contributed by atoms with Gasteiger partial charge >= 0.3 is 0 Å². The molecule has 0 saturated heterocycles. The van der Waals surface area contributed by atoms with Crippen molar-refractivity contribution in [3.05, 3.63) is 69.2 Å². The molecule has 0 radical (unpaired) electrons. The second-order valence-electron chi connectivity index (χ2n) is 12.3. The number of likely N-dealkylation sites (N-methyl/N-ethyl adjacent to an activating group) is 2. The topological polar surface area (TPSA) is 158 Å². The van der Waals surface area contributed by atoms with E-state index in [4.69, 9.17) is 35.0 Å². The molecule has 0 saturated carbocycles. The van der Waals surface area contributed by atoms with E-state index in [1.165, 1.54) is 28.4 Å². The van der Waals surface area contributed by atoms with Crippen LogP contribution >= 0.6 is 0 Å². The molecular weight excluding hydrogens is 684 g/mol. The number of imide groups is 2. The summed E-state index contributed by atoms with van der Waals surface area (Å²) in [6, 6.07) is 8.73. The number of methoxy groups -OCH3 is 4. The minimum Gasteiger partial charge on any atom is -0.496 e. The number of rotatable bonds is 16. The second kappa shape index (κ2) is 17.5. The summed E-state index contributed by atoms with van der Waals surface area (Å²) in [5.41, 5.74) is 1.93. The number of benzene rings is 2. The molecule has 0 aromatic heterocycles. The zero-order chi connectivity index (χ0) is 39.0. The number of hydrogen-bond donors (Lipinski definition) is 0. The molecule has 280 valence electrons. The van der Waals surface area contributed by atoms with Crippen molar-refractivity contribution in [2.75, 3.05) is 54.7 Å². The smallest absolute Gasteiger partial charge is 0.271 e. The Morgan fingerprint density at radius 1 is 0.698 bits per heavy atom. The fourth-order valence-electron chi connectivity index (χ4n) is 6.57. The Bertz CT molecular complexity index is 1750. The highest BCUT2D eigenvalue weighted by Crippen LogP contribution is 2.40.